The van der Waals surface area contributed by atoms with E-state index in [-0.39, 0.29) is 16.4 Å². The predicted molar refractivity (Wildman–Crippen MR) is 191 cm³/mol. The summed E-state index contributed by atoms with van der Waals surface area (Å²) in [7, 11) is 0. The van der Waals surface area contributed by atoms with E-state index in [9.17, 15) is 14.0 Å². The molecule has 1 amide bonds. The zero-order valence-corrected chi connectivity index (χ0v) is 28.1. The number of H-pyrrole nitrogens is 1. The fraction of sp³-hybridized carbons (Fsp3) is 0.333. The Morgan fingerprint density at radius 1 is 0.851 bits per heavy atom. The number of aromatic nitrogens is 3. The Balaban J connectivity index is 0.000000226. The maximum atomic E-state index is 15.0. The average molecular weight is 747 g/mol. The van der Waals surface area contributed by atoms with Crippen LogP contribution in [0.1, 0.15) is 48.0 Å². The lowest BCUT2D eigenvalue weighted by molar-refractivity contribution is 0.0926. The number of piperidine rings is 1. The molecule has 0 radical (unpaired) electrons. The molecule has 1 aliphatic carbocycles. The highest BCUT2D eigenvalue weighted by molar-refractivity contribution is 14.1. The van der Waals surface area contributed by atoms with E-state index in [0.717, 1.165) is 49.2 Å². The Morgan fingerprint density at radius 2 is 1.55 bits per heavy atom. The molecule has 8 rings (SSSR count). The number of pyridine rings is 3. The van der Waals surface area contributed by atoms with E-state index in [4.69, 9.17) is 4.74 Å². The highest BCUT2D eigenvalue weighted by Gasteiger charge is 2.46. The van der Waals surface area contributed by atoms with Crippen LogP contribution in [0.15, 0.2) is 77.9 Å². The van der Waals surface area contributed by atoms with Crippen molar-refractivity contribution in [2.75, 3.05) is 49.2 Å². The summed E-state index contributed by atoms with van der Waals surface area (Å²) in [6.45, 7) is 5.31. The summed E-state index contributed by atoms with van der Waals surface area (Å²) in [4.78, 5) is 42.6. The van der Waals surface area contributed by atoms with Gasteiger partial charge in [-0.2, -0.15) is 0 Å². The van der Waals surface area contributed by atoms with Crippen LogP contribution in [0.25, 0.3) is 21.8 Å². The van der Waals surface area contributed by atoms with Gasteiger partial charge >= 0.3 is 0 Å². The van der Waals surface area contributed by atoms with Crippen molar-refractivity contribution in [3.63, 3.8) is 0 Å². The van der Waals surface area contributed by atoms with Crippen molar-refractivity contribution in [3.05, 3.63) is 104 Å². The number of rotatable bonds is 5. The molecular weight excluding hydrogens is 710 g/mol. The Morgan fingerprint density at radius 3 is 2.23 bits per heavy atom. The topological polar surface area (TPSA) is 103 Å². The molecule has 2 N–H and O–H groups in total. The normalized spacial score (nSPS) is 17.2. The first-order valence-electron chi connectivity index (χ1n) is 16.1. The molecule has 5 aromatic rings. The number of carbonyl (C=O) groups is 1. The van der Waals surface area contributed by atoms with Crippen molar-refractivity contribution in [1.29, 1.82) is 0 Å². The molecule has 5 heterocycles. The first-order valence-corrected chi connectivity index (χ1v) is 17.2. The Hall–Kier alpha value is -4.10. The molecule has 3 aromatic heterocycles. The Kier molecular flexibility index (Phi) is 9.09. The zero-order valence-electron chi connectivity index (χ0n) is 26.0. The second-order valence-electron chi connectivity index (χ2n) is 12.3. The van der Waals surface area contributed by atoms with Crippen LogP contribution in [0, 0.1) is 9.39 Å². The van der Waals surface area contributed by atoms with E-state index in [1.54, 1.807) is 24.4 Å². The van der Waals surface area contributed by atoms with Crippen LogP contribution in [-0.2, 0) is 10.3 Å². The second kappa shape index (κ2) is 13.6. The molecule has 3 fully saturated rings. The van der Waals surface area contributed by atoms with Gasteiger partial charge in [-0.1, -0.05) is 18.2 Å². The van der Waals surface area contributed by atoms with Gasteiger partial charge in [0.15, 0.2) is 5.43 Å². The molecule has 0 bridgehead atoms. The van der Waals surface area contributed by atoms with Gasteiger partial charge in [-0.05, 0) is 103 Å². The monoisotopic (exact) mass is 746 g/mol. The van der Waals surface area contributed by atoms with Crippen molar-refractivity contribution in [2.24, 2.45) is 0 Å². The number of carbonyl (C=O) groups excluding carboxylic acids is 1. The molecule has 11 heteroatoms. The molecule has 242 valence electrons. The summed E-state index contributed by atoms with van der Waals surface area (Å²) in [6, 6.07) is 17.8. The third kappa shape index (κ3) is 6.82. The average Bonchev–Trinajstić information content (AvgIpc) is 3.90. The zero-order chi connectivity index (χ0) is 32.4. The van der Waals surface area contributed by atoms with Crippen LogP contribution in [0.2, 0.25) is 0 Å². The van der Waals surface area contributed by atoms with Crippen LogP contribution < -0.4 is 20.5 Å². The summed E-state index contributed by atoms with van der Waals surface area (Å²) in [6.07, 6.45) is 9.24. The van der Waals surface area contributed by atoms with Crippen molar-refractivity contribution in [1.82, 2.24) is 20.3 Å². The van der Waals surface area contributed by atoms with Gasteiger partial charge in [0.05, 0.1) is 29.8 Å². The molecule has 2 aliphatic heterocycles. The van der Waals surface area contributed by atoms with Gasteiger partial charge in [0, 0.05) is 58.4 Å². The van der Waals surface area contributed by atoms with Gasteiger partial charge in [0.1, 0.15) is 17.5 Å². The lowest BCUT2D eigenvalue weighted by Crippen LogP contribution is -2.37. The molecule has 0 unspecified atom stereocenters. The number of halogens is 2. The summed E-state index contributed by atoms with van der Waals surface area (Å²) >= 11 is 2.29. The number of hydrogen-bond donors (Lipinski definition) is 2. The molecule has 0 spiro atoms. The van der Waals surface area contributed by atoms with Crippen molar-refractivity contribution >= 4 is 61.9 Å². The second-order valence-corrected chi connectivity index (χ2v) is 13.5. The van der Waals surface area contributed by atoms with Gasteiger partial charge in [-0.25, -0.2) is 14.4 Å². The minimum absolute atomic E-state index is 0.0948. The molecule has 1 saturated carbocycles. The van der Waals surface area contributed by atoms with Gasteiger partial charge < -0.3 is 24.8 Å². The number of ether oxygens (including phenoxy) is 1. The number of nitrogens with one attached hydrogen (secondary N) is 2. The number of morpholine rings is 1. The SMILES string of the molecule is Ic1ccc(N2CCCCC2)nc1.O=C(NC1(c2ccc(N3CCOCC3)nc2)CC1)c1cc2[nH]c3ccccc3c(=O)c2cc1F. The van der Waals surface area contributed by atoms with E-state index in [1.807, 2.05) is 24.4 Å². The summed E-state index contributed by atoms with van der Waals surface area (Å²) in [5.41, 5.74) is 1.06. The maximum absolute atomic E-state index is 15.0. The van der Waals surface area contributed by atoms with E-state index in [0.29, 0.717) is 29.6 Å². The minimum Gasteiger partial charge on any atom is -0.378 e. The van der Waals surface area contributed by atoms with E-state index in [1.165, 1.54) is 42.0 Å². The van der Waals surface area contributed by atoms with Crippen LogP contribution in [-0.4, -0.2) is 60.3 Å². The van der Waals surface area contributed by atoms with Gasteiger partial charge in [0.25, 0.3) is 5.91 Å². The van der Waals surface area contributed by atoms with E-state index < -0.39 is 17.3 Å². The number of para-hydroxylation sites is 1. The first kappa shape index (κ1) is 31.5. The number of hydrogen-bond acceptors (Lipinski definition) is 7. The van der Waals surface area contributed by atoms with Crippen LogP contribution in [0.3, 0.4) is 0 Å². The highest BCUT2D eigenvalue weighted by atomic mass is 127. The number of fused-ring (bicyclic) bond motifs is 2. The molecule has 0 atom stereocenters. The molecule has 2 saturated heterocycles. The van der Waals surface area contributed by atoms with Crippen LogP contribution in [0.4, 0.5) is 16.0 Å². The predicted octanol–water partition coefficient (Wildman–Crippen LogP) is 6.15. The van der Waals surface area contributed by atoms with Crippen molar-refractivity contribution in [2.45, 2.75) is 37.6 Å². The molecule has 9 nitrogen and oxygen atoms in total. The quantitative estimate of drug-likeness (QED) is 0.165. The molecule has 3 aliphatic rings. The summed E-state index contributed by atoms with van der Waals surface area (Å²) in [5.74, 6) is 0.789. The number of aromatic amines is 1. The van der Waals surface area contributed by atoms with Crippen LogP contribution >= 0.6 is 22.6 Å². The third-order valence-electron chi connectivity index (χ3n) is 9.17. The fourth-order valence-corrected chi connectivity index (χ4v) is 6.66. The molecular formula is C36H36FIN6O3. The first-order chi connectivity index (χ1) is 22.9. The smallest absolute Gasteiger partial charge is 0.255 e. The van der Waals surface area contributed by atoms with Gasteiger partial charge in [-0.3, -0.25) is 9.59 Å². The van der Waals surface area contributed by atoms with E-state index in [2.05, 4.69) is 64.8 Å². The van der Waals surface area contributed by atoms with Gasteiger partial charge in [-0.15, -0.1) is 0 Å². The molecule has 47 heavy (non-hydrogen) atoms. The Bertz CT molecular complexity index is 1950. The maximum Gasteiger partial charge on any atom is 0.255 e. The lowest BCUT2D eigenvalue weighted by Gasteiger charge is -2.28. The van der Waals surface area contributed by atoms with Gasteiger partial charge in [0.2, 0.25) is 0 Å². The lowest BCUT2D eigenvalue weighted by atomic mass is 10.0. The molecule has 2 aromatic carbocycles. The van der Waals surface area contributed by atoms with Crippen LogP contribution in [0.5, 0.6) is 0 Å². The third-order valence-corrected chi connectivity index (χ3v) is 9.81. The largest absolute Gasteiger partial charge is 0.378 e. The Labute approximate surface area is 285 Å². The van der Waals surface area contributed by atoms with Crippen molar-refractivity contribution in [3.8, 4) is 0 Å². The fourth-order valence-electron chi connectivity index (χ4n) is 6.34. The number of benzene rings is 2. The number of amides is 1. The highest BCUT2D eigenvalue weighted by Crippen LogP contribution is 2.45. The summed E-state index contributed by atoms with van der Waals surface area (Å²) < 4.78 is 21.6. The number of nitrogens with zero attached hydrogens (tertiary/aromatic N) is 4. The number of anilines is 2. The van der Waals surface area contributed by atoms with Crippen molar-refractivity contribution < 1.29 is 13.9 Å². The minimum atomic E-state index is -0.720. The summed E-state index contributed by atoms with van der Waals surface area (Å²) in [5, 5.41) is 3.71. The van der Waals surface area contributed by atoms with E-state index >= 15 is 0 Å². The standard InChI is InChI=1S/C26H23FN4O3.C10H13IN2/c27-20-13-19-22(29-21-4-2-1-3-17(21)24(19)32)14-18(20)25(33)30-26(7-8-26)16-5-6-23(28-15-16)31-9-11-34-12-10-31;11-9-4-5-10(12-8-9)13-6-2-1-3-7-13/h1-6,13-15H,7-12H2,(H,29,32)(H,30,33);4-5,8H,1-3,6-7H2.